The largest absolute Gasteiger partial charge is 1.00 e. The molecule has 0 aromatic heterocycles. The molecule has 0 saturated heterocycles. The van der Waals surface area contributed by atoms with Crippen molar-refractivity contribution in [1.29, 1.82) is 0 Å². The summed E-state index contributed by atoms with van der Waals surface area (Å²) >= 11 is 0. The summed E-state index contributed by atoms with van der Waals surface area (Å²) in [5.74, 6) is 0. The molecule has 0 spiro atoms. The van der Waals surface area contributed by atoms with Crippen LogP contribution in [0.5, 0.6) is 0 Å². The molecule has 0 fully saturated rings. The Morgan fingerprint density at radius 3 is 2.09 bits per heavy atom. The molecule has 11 heavy (non-hydrogen) atoms. The van der Waals surface area contributed by atoms with Gasteiger partial charge < -0.3 is 5.11 Å². The van der Waals surface area contributed by atoms with Crippen LogP contribution in [0.25, 0.3) is 0 Å². The molecule has 0 aliphatic carbocycles. The van der Waals surface area contributed by atoms with E-state index in [-0.39, 0.29) is 75.5 Å². The molecular formula is C9H11CsO. The molecule has 0 bridgehead atoms. The van der Waals surface area contributed by atoms with Crippen LogP contribution in [0.3, 0.4) is 0 Å². The van der Waals surface area contributed by atoms with Gasteiger partial charge in [0.05, 0.1) is 0 Å². The predicted octanol–water partition coefficient (Wildman–Crippen LogP) is -1.89. The van der Waals surface area contributed by atoms with Gasteiger partial charge >= 0.3 is 68.9 Å². The van der Waals surface area contributed by atoms with Gasteiger partial charge in [-0.3, -0.25) is 0 Å². The van der Waals surface area contributed by atoms with Crippen LogP contribution in [0.15, 0.2) is 24.3 Å². The average Bonchev–Trinajstić information content (AvgIpc) is 2.04. The van der Waals surface area contributed by atoms with Crippen LogP contribution in [0, 0.1) is 0 Å². The summed E-state index contributed by atoms with van der Waals surface area (Å²) in [6, 6.07) is 7.78. The second-order valence-corrected chi connectivity index (χ2v) is 2.27. The van der Waals surface area contributed by atoms with Gasteiger partial charge in [0.15, 0.2) is 0 Å². The molecule has 54 valence electrons. The minimum absolute atomic E-state index is 0. The van der Waals surface area contributed by atoms with Crippen LogP contribution >= 0.6 is 0 Å². The third-order valence-electron chi connectivity index (χ3n) is 1.65. The molecule has 0 unspecified atom stereocenters. The fourth-order valence-corrected chi connectivity index (χ4v) is 1.04. The zero-order valence-corrected chi connectivity index (χ0v) is 13.4. The molecule has 1 nitrogen and oxygen atoms in total. The third-order valence-corrected chi connectivity index (χ3v) is 1.65. The smallest absolute Gasteiger partial charge is 0.851 e. The van der Waals surface area contributed by atoms with E-state index in [9.17, 15) is 5.11 Å². The van der Waals surface area contributed by atoms with Crippen LogP contribution in [-0.4, -0.2) is 0 Å². The Kier molecular flexibility index (Phi) is 7.47. The standard InChI is InChI=1S/C9H11O.Cs/c1-2-8-5-3-4-6-9(8)7-10;/h3-6H,2,7H2,1H3;/q-1;+1. The number of hydrogen-bond donors (Lipinski definition) is 0. The Balaban J connectivity index is 0.000001000. The van der Waals surface area contributed by atoms with E-state index in [2.05, 4.69) is 6.92 Å². The molecule has 0 atom stereocenters. The molecule has 2 heteroatoms. The third kappa shape index (κ3) is 3.63. The molecule has 0 saturated carbocycles. The molecule has 1 aromatic rings. The SMILES string of the molecule is CCc1ccccc1C[O-].[Cs+]. The first-order valence-corrected chi connectivity index (χ1v) is 3.53. The van der Waals surface area contributed by atoms with E-state index in [4.69, 9.17) is 0 Å². The van der Waals surface area contributed by atoms with Crippen LogP contribution in [0.1, 0.15) is 18.1 Å². The van der Waals surface area contributed by atoms with Crippen molar-refractivity contribution in [3.8, 4) is 0 Å². The van der Waals surface area contributed by atoms with Gasteiger partial charge in [0, 0.05) is 0 Å². The molecule has 1 aromatic carbocycles. The zero-order chi connectivity index (χ0) is 7.40. The molecule has 0 aliphatic heterocycles. The zero-order valence-electron chi connectivity index (χ0n) is 7.13. The fraction of sp³-hybridized carbons (Fsp3) is 0.333. The normalized spacial score (nSPS) is 8.91. The number of hydrogen-bond acceptors (Lipinski definition) is 1. The fourth-order valence-electron chi connectivity index (χ4n) is 1.04. The monoisotopic (exact) mass is 268 g/mol. The summed E-state index contributed by atoms with van der Waals surface area (Å²) < 4.78 is 0. The van der Waals surface area contributed by atoms with E-state index in [0.29, 0.717) is 0 Å². The van der Waals surface area contributed by atoms with Crippen LogP contribution in [-0.2, 0) is 13.0 Å². The predicted molar refractivity (Wildman–Crippen MR) is 39.5 cm³/mol. The topological polar surface area (TPSA) is 23.1 Å². The molecule has 0 N–H and O–H groups in total. The van der Waals surface area contributed by atoms with Gasteiger partial charge in [0.25, 0.3) is 0 Å². The minimum Gasteiger partial charge on any atom is -0.851 e. The Morgan fingerprint density at radius 2 is 1.73 bits per heavy atom. The number of benzene rings is 1. The summed E-state index contributed by atoms with van der Waals surface area (Å²) in [5, 5.41) is 10.5. The van der Waals surface area contributed by atoms with Gasteiger partial charge in [-0.1, -0.05) is 36.8 Å². The quantitative estimate of drug-likeness (QED) is 0.615. The molecule has 0 heterocycles. The number of aryl methyl sites for hydroxylation is 1. The van der Waals surface area contributed by atoms with Gasteiger partial charge in [-0.2, -0.15) is 0 Å². The van der Waals surface area contributed by atoms with Crippen molar-refractivity contribution in [3.05, 3.63) is 35.4 Å². The van der Waals surface area contributed by atoms with Crippen molar-refractivity contribution >= 4 is 0 Å². The first kappa shape index (κ1) is 12.2. The summed E-state index contributed by atoms with van der Waals surface area (Å²) in [5.41, 5.74) is 2.11. The Labute approximate surface area is 127 Å². The average molecular weight is 268 g/mol. The first-order valence-electron chi connectivity index (χ1n) is 3.53. The van der Waals surface area contributed by atoms with Crippen molar-refractivity contribution in [2.24, 2.45) is 0 Å². The van der Waals surface area contributed by atoms with E-state index >= 15 is 0 Å². The molecule has 0 radical (unpaired) electrons. The summed E-state index contributed by atoms with van der Waals surface area (Å²) in [4.78, 5) is 0. The minimum atomic E-state index is -0.0932. The second-order valence-electron chi connectivity index (χ2n) is 2.27. The maximum absolute atomic E-state index is 10.5. The van der Waals surface area contributed by atoms with Crippen molar-refractivity contribution in [2.75, 3.05) is 0 Å². The Hall–Kier alpha value is 1.23. The van der Waals surface area contributed by atoms with Crippen molar-refractivity contribution in [3.63, 3.8) is 0 Å². The van der Waals surface area contributed by atoms with Crippen molar-refractivity contribution < 1.29 is 74.0 Å². The van der Waals surface area contributed by atoms with Crippen LogP contribution in [0.4, 0.5) is 0 Å². The molecule has 0 amide bonds. The van der Waals surface area contributed by atoms with E-state index < -0.39 is 0 Å². The first-order chi connectivity index (χ1) is 4.88. The summed E-state index contributed by atoms with van der Waals surface area (Å²) in [6.45, 7) is 1.97. The Bertz CT molecular complexity index is 187. The second kappa shape index (κ2) is 6.72. The summed E-state index contributed by atoms with van der Waals surface area (Å²) in [6.07, 6.45) is 0.957. The molecule has 1 rings (SSSR count). The van der Waals surface area contributed by atoms with Gasteiger partial charge in [-0.05, 0) is 12.0 Å². The maximum Gasteiger partial charge on any atom is 1.00 e. The van der Waals surface area contributed by atoms with E-state index in [1.807, 2.05) is 24.3 Å². The van der Waals surface area contributed by atoms with Crippen molar-refractivity contribution in [2.45, 2.75) is 20.0 Å². The van der Waals surface area contributed by atoms with Gasteiger partial charge in [-0.25, -0.2) is 0 Å². The summed E-state index contributed by atoms with van der Waals surface area (Å²) in [7, 11) is 0. The van der Waals surface area contributed by atoms with Crippen LogP contribution in [0.2, 0.25) is 0 Å². The number of rotatable bonds is 2. The maximum atomic E-state index is 10.5. The van der Waals surface area contributed by atoms with Crippen LogP contribution < -0.4 is 74.0 Å². The molecular weight excluding hydrogens is 257 g/mol. The van der Waals surface area contributed by atoms with Crippen molar-refractivity contribution in [1.82, 2.24) is 0 Å². The van der Waals surface area contributed by atoms with E-state index in [1.54, 1.807) is 0 Å². The van der Waals surface area contributed by atoms with Gasteiger partial charge in [-0.15, -0.1) is 6.61 Å². The Morgan fingerprint density at radius 1 is 1.18 bits per heavy atom. The van der Waals surface area contributed by atoms with E-state index in [0.717, 1.165) is 12.0 Å². The van der Waals surface area contributed by atoms with E-state index in [1.165, 1.54) is 5.56 Å². The van der Waals surface area contributed by atoms with Gasteiger partial charge in [0.1, 0.15) is 0 Å². The van der Waals surface area contributed by atoms with Gasteiger partial charge in [0.2, 0.25) is 0 Å². The molecule has 0 aliphatic rings.